The zero-order valence-corrected chi connectivity index (χ0v) is 17.6. The Labute approximate surface area is 180 Å². The molecular weight excluding hydrogens is 394 g/mol. The van der Waals surface area contributed by atoms with Crippen molar-refractivity contribution in [2.24, 2.45) is 0 Å². The molecule has 3 heterocycles. The van der Waals surface area contributed by atoms with Crippen molar-refractivity contribution < 1.29 is 4.79 Å². The third-order valence-corrected chi connectivity index (χ3v) is 5.50. The van der Waals surface area contributed by atoms with E-state index in [-0.39, 0.29) is 23.6 Å². The predicted octanol–water partition coefficient (Wildman–Crippen LogP) is 2.07. The lowest BCUT2D eigenvalue weighted by Crippen LogP contribution is -2.40. The average Bonchev–Trinajstić information content (AvgIpc) is 2.80. The minimum Gasteiger partial charge on any atom is -0.361 e. The molecule has 0 aliphatic heterocycles. The molecule has 1 amide bonds. The number of anilines is 1. The summed E-state index contributed by atoms with van der Waals surface area (Å²) in [6.45, 7) is 0. The minimum absolute atomic E-state index is 0.0106. The molecule has 0 radical (unpaired) electrons. The quantitative estimate of drug-likeness (QED) is 0.675. The summed E-state index contributed by atoms with van der Waals surface area (Å²) in [4.78, 5) is 30.9. The Morgan fingerprint density at radius 1 is 1.06 bits per heavy atom. The van der Waals surface area contributed by atoms with Crippen LogP contribution in [0.2, 0.25) is 0 Å². The lowest BCUT2D eigenvalue weighted by Gasteiger charge is -2.29. The highest BCUT2D eigenvalue weighted by Crippen LogP contribution is 2.27. The molecule has 160 valence electrons. The van der Waals surface area contributed by atoms with Crippen LogP contribution in [-0.2, 0) is 0 Å². The molecule has 0 aromatic carbocycles. The van der Waals surface area contributed by atoms with Gasteiger partial charge in [-0.25, -0.2) is 4.68 Å². The topological polar surface area (TPSA) is 106 Å². The van der Waals surface area contributed by atoms with Gasteiger partial charge in [0.15, 0.2) is 11.5 Å². The summed E-state index contributed by atoms with van der Waals surface area (Å²) in [5.41, 5.74) is 1.78. The molecule has 0 unspecified atom stereocenters. The van der Waals surface area contributed by atoms with Gasteiger partial charge in [-0.1, -0.05) is 0 Å². The maximum absolute atomic E-state index is 12.5. The zero-order chi connectivity index (χ0) is 21.8. The molecule has 31 heavy (non-hydrogen) atoms. The number of nitrogens with zero attached hydrogens (tertiary/aromatic N) is 6. The Bertz CT molecular complexity index is 1090. The maximum Gasteiger partial charge on any atom is 0.272 e. The van der Waals surface area contributed by atoms with Crippen molar-refractivity contribution in [3.8, 4) is 11.3 Å². The van der Waals surface area contributed by atoms with Gasteiger partial charge >= 0.3 is 0 Å². The van der Waals surface area contributed by atoms with Crippen LogP contribution in [0.15, 0.2) is 53.6 Å². The van der Waals surface area contributed by atoms with E-state index in [1.165, 1.54) is 0 Å². The van der Waals surface area contributed by atoms with Crippen LogP contribution in [-0.4, -0.2) is 51.0 Å². The van der Waals surface area contributed by atoms with Crippen LogP contribution in [0, 0.1) is 0 Å². The highest BCUT2D eigenvalue weighted by Gasteiger charge is 2.25. The predicted molar refractivity (Wildman–Crippen MR) is 117 cm³/mol. The molecule has 1 fully saturated rings. The van der Waals surface area contributed by atoms with Crippen LogP contribution in [0.5, 0.6) is 0 Å². The largest absolute Gasteiger partial charge is 0.361 e. The number of rotatable bonds is 5. The van der Waals surface area contributed by atoms with Gasteiger partial charge in [0, 0.05) is 44.2 Å². The number of hydrogen-bond donors (Lipinski definition) is 1. The van der Waals surface area contributed by atoms with E-state index in [0.29, 0.717) is 11.5 Å². The van der Waals surface area contributed by atoms with Gasteiger partial charge in [-0.15, -0.1) is 10.2 Å². The van der Waals surface area contributed by atoms with Gasteiger partial charge in [0.2, 0.25) is 0 Å². The smallest absolute Gasteiger partial charge is 0.272 e. The molecule has 0 bridgehead atoms. The molecule has 9 nitrogen and oxygen atoms in total. The zero-order valence-electron chi connectivity index (χ0n) is 17.6. The van der Waals surface area contributed by atoms with Crippen molar-refractivity contribution in [2.75, 3.05) is 19.0 Å². The minimum atomic E-state index is -0.227. The summed E-state index contributed by atoms with van der Waals surface area (Å²) in [6, 6.07) is 10.5. The van der Waals surface area contributed by atoms with Crippen molar-refractivity contribution in [1.29, 1.82) is 0 Å². The normalized spacial score (nSPS) is 18.4. The average molecular weight is 419 g/mol. The summed E-state index contributed by atoms with van der Waals surface area (Å²) in [5.74, 6) is 0.471. The lowest BCUT2D eigenvalue weighted by atomic mass is 9.91. The van der Waals surface area contributed by atoms with E-state index >= 15 is 0 Å². The molecule has 1 N–H and O–H groups in total. The fraction of sp³-hybridized carbons (Fsp3) is 0.364. The van der Waals surface area contributed by atoms with E-state index in [4.69, 9.17) is 0 Å². The Morgan fingerprint density at radius 3 is 2.52 bits per heavy atom. The molecule has 3 aromatic heterocycles. The van der Waals surface area contributed by atoms with Crippen LogP contribution in [0.25, 0.3) is 11.3 Å². The van der Waals surface area contributed by atoms with Crippen molar-refractivity contribution in [2.45, 2.75) is 37.8 Å². The van der Waals surface area contributed by atoms with Gasteiger partial charge in [0.1, 0.15) is 0 Å². The Hall–Kier alpha value is -3.62. The van der Waals surface area contributed by atoms with Crippen LogP contribution in [0.1, 0.15) is 42.2 Å². The number of pyridine rings is 1. The molecule has 4 rings (SSSR count). The molecule has 1 aliphatic carbocycles. The first-order valence-electron chi connectivity index (χ1n) is 10.3. The van der Waals surface area contributed by atoms with Crippen molar-refractivity contribution in [3.05, 3.63) is 64.8 Å². The van der Waals surface area contributed by atoms with E-state index in [0.717, 1.165) is 36.9 Å². The SMILES string of the molecule is CN(C)c1ccc(C(=O)NC2CCC(n3nc(-c4cccnc4)ccc3=O)CC2)nn1. The van der Waals surface area contributed by atoms with Crippen LogP contribution >= 0.6 is 0 Å². The fourth-order valence-electron chi connectivity index (χ4n) is 3.76. The molecule has 9 heteroatoms. The molecular formula is C22H25N7O2. The summed E-state index contributed by atoms with van der Waals surface area (Å²) in [6.07, 6.45) is 6.50. The fourth-order valence-corrected chi connectivity index (χ4v) is 3.76. The third kappa shape index (κ3) is 4.76. The van der Waals surface area contributed by atoms with Crippen molar-refractivity contribution in [1.82, 2.24) is 30.3 Å². The Morgan fingerprint density at radius 2 is 1.87 bits per heavy atom. The first-order chi connectivity index (χ1) is 15.0. The first kappa shape index (κ1) is 20.6. The van der Waals surface area contributed by atoms with Crippen molar-refractivity contribution in [3.63, 3.8) is 0 Å². The molecule has 0 atom stereocenters. The number of aromatic nitrogens is 5. The monoisotopic (exact) mass is 419 g/mol. The van der Waals surface area contributed by atoms with Crippen LogP contribution in [0.3, 0.4) is 0 Å². The first-order valence-corrected chi connectivity index (χ1v) is 10.3. The van der Waals surface area contributed by atoms with Crippen molar-refractivity contribution >= 4 is 11.7 Å². The van der Waals surface area contributed by atoms with E-state index in [9.17, 15) is 9.59 Å². The van der Waals surface area contributed by atoms with Crippen LogP contribution < -0.4 is 15.8 Å². The van der Waals surface area contributed by atoms with E-state index in [2.05, 4.69) is 25.6 Å². The van der Waals surface area contributed by atoms with E-state index in [1.807, 2.05) is 31.1 Å². The Balaban J connectivity index is 1.39. The maximum atomic E-state index is 12.5. The van der Waals surface area contributed by atoms with Gasteiger partial charge in [-0.2, -0.15) is 5.10 Å². The molecule has 1 saturated carbocycles. The summed E-state index contributed by atoms with van der Waals surface area (Å²) in [5, 5.41) is 15.7. The van der Waals surface area contributed by atoms with Gasteiger partial charge in [0.05, 0.1) is 11.7 Å². The number of nitrogens with one attached hydrogen (secondary N) is 1. The second-order valence-electron chi connectivity index (χ2n) is 7.89. The third-order valence-electron chi connectivity index (χ3n) is 5.50. The van der Waals surface area contributed by atoms with E-state index < -0.39 is 0 Å². The summed E-state index contributed by atoms with van der Waals surface area (Å²) >= 11 is 0. The number of carbonyl (C=O) groups is 1. The van der Waals surface area contributed by atoms with Gasteiger partial charge in [0.25, 0.3) is 11.5 Å². The molecule has 0 spiro atoms. The van der Waals surface area contributed by atoms with Gasteiger partial charge < -0.3 is 10.2 Å². The van der Waals surface area contributed by atoms with Gasteiger partial charge in [-0.05, 0) is 56.0 Å². The molecule has 0 saturated heterocycles. The highest BCUT2D eigenvalue weighted by molar-refractivity contribution is 5.92. The molecule has 3 aromatic rings. The molecule has 1 aliphatic rings. The number of hydrogen-bond acceptors (Lipinski definition) is 7. The number of amides is 1. The second kappa shape index (κ2) is 9.03. The second-order valence-corrected chi connectivity index (χ2v) is 7.89. The lowest BCUT2D eigenvalue weighted by molar-refractivity contribution is 0.0915. The summed E-state index contributed by atoms with van der Waals surface area (Å²) in [7, 11) is 3.74. The summed E-state index contributed by atoms with van der Waals surface area (Å²) < 4.78 is 1.58. The standard InChI is InChI=1S/C22H25N7O2/c1-28(2)20-11-9-19(25-26-20)22(31)24-16-5-7-17(8-6-16)29-21(30)12-10-18(27-29)15-4-3-13-23-14-15/h3-4,9-14,16-17H,5-8H2,1-2H3,(H,24,31). The van der Waals surface area contributed by atoms with Gasteiger partial charge in [-0.3, -0.25) is 14.6 Å². The van der Waals surface area contributed by atoms with Crippen LogP contribution in [0.4, 0.5) is 5.82 Å². The number of carbonyl (C=O) groups excluding carboxylic acids is 1. The highest BCUT2D eigenvalue weighted by atomic mass is 16.2. The van der Waals surface area contributed by atoms with E-state index in [1.54, 1.807) is 41.3 Å². The Kier molecular flexibility index (Phi) is 6.01.